The molecule has 2 aromatic rings. The third-order valence-corrected chi connectivity index (χ3v) is 4.55. The van der Waals surface area contributed by atoms with Gasteiger partial charge >= 0.3 is 5.56 Å². The van der Waals surface area contributed by atoms with Crippen molar-refractivity contribution in [2.75, 3.05) is 11.9 Å². The van der Waals surface area contributed by atoms with E-state index in [1.807, 2.05) is 0 Å². The fourth-order valence-corrected chi connectivity index (χ4v) is 3.25. The topological polar surface area (TPSA) is 129 Å². The molecule has 1 saturated heterocycles. The number of nitrogens with one attached hydrogen (secondary N) is 1. The van der Waals surface area contributed by atoms with Gasteiger partial charge in [0.15, 0.2) is 12.0 Å². The van der Waals surface area contributed by atoms with Gasteiger partial charge in [-0.25, -0.2) is 9.38 Å². The van der Waals surface area contributed by atoms with Crippen LogP contribution in [-0.2, 0) is 4.74 Å². The molecule has 0 bridgehead atoms. The number of aliphatic hydroxyl groups excluding tert-OH is 2. The van der Waals surface area contributed by atoms with E-state index in [-0.39, 0.29) is 11.6 Å². The van der Waals surface area contributed by atoms with E-state index >= 15 is 0 Å². The molecule has 0 amide bonds. The van der Waals surface area contributed by atoms with Gasteiger partial charge in [-0.2, -0.15) is 4.98 Å². The SMILES string of the molecule is C[C@@]1(O)[C@H](O)[C@@H](CO)O[C@H]1n1cc2cc(F)c(=O)nc3c2c1N=CN3. The van der Waals surface area contributed by atoms with E-state index in [0.717, 1.165) is 6.07 Å². The van der Waals surface area contributed by atoms with Gasteiger partial charge in [-0.3, -0.25) is 4.79 Å². The van der Waals surface area contributed by atoms with Crippen molar-refractivity contribution in [3.63, 3.8) is 0 Å². The van der Waals surface area contributed by atoms with Crippen LogP contribution in [0.4, 0.5) is 16.0 Å². The average molecular weight is 350 g/mol. The molecule has 25 heavy (non-hydrogen) atoms. The molecule has 0 aliphatic carbocycles. The van der Waals surface area contributed by atoms with Crippen LogP contribution in [0.3, 0.4) is 0 Å². The lowest BCUT2D eigenvalue weighted by atomic mass is 9.96. The molecule has 0 saturated carbocycles. The highest BCUT2D eigenvalue weighted by Gasteiger charge is 2.53. The Morgan fingerprint density at radius 2 is 2.28 bits per heavy atom. The molecule has 0 aromatic carbocycles. The second-order valence-electron chi connectivity index (χ2n) is 6.23. The maximum absolute atomic E-state index is 13.9. The molecule has 4 atom stereocenters. The van der Waals surface area contributed by atoms with Gasteiger partial charge in [0.05, 0.1) is 18.3 Å². The second-order valence-corrected chi connectivity index (χ2v) is 6.23. The van der Waals surface area contributed by atoms with E-state index in [9.17, 15) is 24.5 Å². The summed E-state index contributed by atoms with van der Waals surface area (Å²) in [6, 6.07) is 1.03. The predicted octanol–water partition coefficient (Wildman–Crippen LogP) is -0.378. The first-order valence-electron chi connectivity index (χ1n) is 7.56. The van der Waals surface area contributed by atoms with Crippen LogP contribution in [0.25, 0.3) is 10.8 Å². The summed E-state index contributed by atoms with van der Waals surface area (Å²) in [4.78, 5) is 19.5. The summed E-state index contributed by atoms with van der Waals surface area (Å²) in [5.41, 5.74) is -2.73. The van der Waals surface area contributed by atoms with Gasteiger partial charge in [-0.05, 0) is 13.0 Å². The van der Waals surface area contributed by atoms with Gasteiger partial charge < -0.3 is 29.9 Å². The van der Waals surface area contributed by atoms with Gasteiger partial charge in [0.1, 0.15) is 29.4 Å². The number of hydrogen-bond acceptors (Lipinski definition) is 8. The van der Waals surface area contributed by atoms with Crippen molar-refractivity contribution in [3.05, 3.63) is 28.4 Å². The summed E-state index contributed by atoms with van der Waals surface area (Å²) in [5, 5.41) is 33.5. The number of rotatable bonds is 2. The van der Waals surface area contributed by atoms with Crippen molar-refractivity contribution in [3.8, 4) is 0 Å². The highest BCUT2D eigenvalue weighted by Crippen LogP contribution is 2.44. The van der Waals surface area contributed by atoms with Crippen LogP contribution >= 0.6 is 0 Å². The minimum Gasteiger partial charge on any atom is -0.394 e. The van der Waals surface area contributed by atoms with Crippen molar-refractivity contribution in [2.45, 2.75) is 31.0 Å². The number of ether oxygens (including phenoxy) is 1. The van der Waals surface area contributed by atoms with Crippen LogP contribution in [0.1, 0.15) is 13.2 Å². The van der Waals surface area contributed by atoms with Gasteiger partial charge in [0, 0.05) is 11.6 Å². The number of anilines is 1. The largest absolute Gasteiger partial charge is 0.394 e. The lowest BCUT2D eigenvalue weighted by molar-refractivity contribution is -0.0955. The van der Waals surface area contributed by atoms with E-state index in [0.29, 0.717) is 10.8 Å². The first-order chi connectivity index (χ1) is 11.8. The van der Waals surface area contributed by atoms with Crippen LogP contribution in [0.2, 0.25) is 0 Å². The van der Waals surface area contributed by atoms with Crippen LogP contribution in [0.15, 0.2) is 22.1 Å². The number of halogens is 1. The maximum Gasteiger partial charge on any atom is 0.307 e. The third-order valence-electron chi connectivity index (χ3n) is 4.55. The van der Waals surface area contributed by atoms with Gasteiger partial charge in [-0.1, -0.05) is 0 Å². The lowest BCUT2D eigenvalue weighted by Crippen LogP contribution is -2.44. The molecule has 2 aliphatic heterocycles. The van der Waals surface area contributed by atoms with E-state index in [1.165, 1.54) is 24.0 Å². The van der Waals surface area contributed by atoms with Crippen molar-refractivity contribution in [1.82, 2.24) is 9.55 Å². The molecule has 0 radical (unpaired) electrons. The summed E-state index contributed by atoms with van der Waals surface area (Å²) in [6.07, 6.45) is -0.660. The molecule has 132 valence electrons. The monoisotopic (exact) mass is 350 g/mol. The fraction of sp³-hybridized carbons (Fsp3) is 0.400. The molecule has 10 heteroatoms. The highest BCUT2D eigenvalue weighted by atomic mass is 19.1. The molecule has 2 aliphatic rings. The molecule has 2 aromatic heterocycles. The molecule has 0 spiro atoms. The Hall–Kier alpha value is -2.40. The third kappa shape index (κ3) is 2.19. The van der Waals surface area contributed by atoms with Crippen LogP contribution in [-0.4, -0.2) is 55.6 Å². The zero-order valence-corrected chi connectivity index (χ0v) is 13.0. The minimum absolute atomic E-state index is 0.129. The fourth-order valence-electron chi connectivity index (χ4n) is 3.25. The summed E-state index contributed by atoms with van der Waals surface area (Å²) in [6.45, 7) is 0.889. The molecule has 0 unspecified atom stereocenters. The number of aliphatic imine (C=N–C) groups is 1. The number of aliphatic hydroxyl groups is 3. The summed E-state index contributed by atoms with van der Waals surface area (Å²) >= 11 is 0. The average Bonchev–Trinajstić information content (AvgIpc) is 2.99. The zero-order chi connectivity index (χ0) is 17.9. The Morgan fingerprint density at radius 1 is 1.52 bits per heavy atom. The quantitative estimate of drug-likeness (QED) is 0.581. The molecule has 4 N–H and O–H groups in total. The predicted molar refractivity (Wildman–Crippen MR) is 85.4 cm³/mol. The van der Waals surface area contributed by atoms with Crippen LogP contribution < -0.4 is 10.9 Å². The first kappa shape index (κ1) is 16.1. The Kier molecular flexibility index (Phi) is 3.41. The van der Waals surface area contributed by atoms with E-state index in [1.54, 1.807) is 0 Å². The number of aromatic nitrogens is 2. The maximum atomic E-state index is 13.9. The Balaban J connectivity index is 1.97. The van der Waals surface area contributed by atoms with Crippen LogP contribution in [0, 0.1) is 5.82 Å². The van der Waals surface area contributed by atoms with Gasteiger partial charge in [0.2, 0.25) is 0 Å². The smallest absolute Gasteiger partial charge is 0.307 e. The first-order valence-corrected chi connectivity index (χ1v) is 7.56. The second kappa shape index (κ2) is 5.30. The normalized spacial score (nSPS) is 30.7. The van der Waals surface area contributed by atoms with E-state index in [4.69, 9.17) is 4.74 Å². The van der Waals surface area contributed by atoms with E-state index in [2.05, 4.69) is 15.3 Å². The molecular weight excluding hydrogens is 335 g/mol. The van der Waals surface area contributed by atoms with Crippen molar-refractivity contribution in [1.29, 1.82) is 0 Å². The van der Waals surface area contributed by atoms with Crippen molar-refractivity contribution < 1.29 is 24.4 Å². The lowest BCUT2D eigenvalue weighted by Gasteiger charge is -2.28. The minimum atomic E-state index is -1.72. The molecule has 4 rings (SSSR count). The Bertz CT molecular complexity index is 957. The number of nitrogens with zero attached hydrogens (tertiary/aromatic N) is 3. The van der Waals surface area contributed by atoms with Gasteiger partial charge in [0.25, 0.3) is 0 Å². The molecule has 1 fully saturated rings. The standard InChI is InChI=1S/C15H15FN4O5/c1-15(24)10(22)8(4-21)25-14(15)20-3-6-2-7(16)13(23)19-11-9(6)12(20)18-5-17-11/h2-3,5,8,10,14,21-22,24H,4H2,1H3,(H,17,18,19,23)/t8-,10-,14-,15-/m1/s1. The Labute approximate surface area is 140 Å². The van der Waals surface area contributed by atoms with Crippen molar-refractivity contribution >= 4 is 28.7 Å². The molecular formula is C15H15FN4O5. The Morgan fingerprint density at radius 3 is 2.96 bits per heavy atom. The highest BCUT2D eigenvalue weighted by molar-refractivity contribution is 6.06. The summed E-state index contributed by atoms with van der Waals surface area (Å²) < 4.78 is 20.9. The molecule has 9 nitrogen and oxygen atoms in total. The van der Waals surface area contributed by atoms with Gasteiger partial charge in [-0.15, -0.1) is 0 Å². The zero-order valence-electron chi connectivity index (χ0n) is 13.0. The number of hydrogen-bond donors (Lipinski definition) is 4. The van der Waals surface area contributed by atoms with Crippen molar-refractivity contribution in [2.24, 2.45) is 4.99 Å². The molecule has 4 heterocycles. The van der Waals surface area contributed by atoms with E-state index < -0.39 is 42.0 Å². The summed E-state index contributed by atoms with van der Waals surface area (Å²) in [5.74, 6) is -0.622. The van der Waals surface area contributed by atoms with Crippen LogP contribution in [0.5, 0.6) is 0 Å². The summed E-state index contributed by atoms with van der Waals surface area (Å²) in [7, 11) is 0.